The first-order chi connectivity index (χ1) is 32.8. The highest BCUT2D eigenvalue weighted by molar-refractivity contribution is 5.76. The SMILES string of the molecule is CCCC/C=C/CC/C=C/C(O)C(COC1OC(CO)C(OC2OC(CO)C(OC3OC(CO)C(O)C(O)C3O)C(O)C2O)C(O)C1O)NC(=O)CCCCCCCCCCCCCCCCC. The molecule has 17 atom stereocenters. The summed E-state index contributed by atoms with van der Waals surface area (Å²) in [5.41, 5.74) is 0. The van der Waals surface area contributed by atoms with Gasteiger partial charge in [0.2, 0.25) is 5.91 Å². The number of amides is 1. The molecule has 0 aromatic rings. The number of rotatable bonds is 35. The van der Waals surface area contributed by atoms with E-state index in [4.69, 9.17) is 28.4 Å². The van der Waals surface area contributed by atoms with Crippen LogP contribution in [0.1, 0.15) is 149 Å². The predicted molar refractivity (Wildman–Crippen MR) is 250 cm³/mol. The van der Waals surface area contributed by atoms with Crippen LogP contribution in [0.3, 0.4) is 0 Å². The maximum Gasteiger partial charge on any atom is 0.220 e. The minimum Gasteiger partial charge on any atom is -0.394 e. The number of nitrogens with one attached hydrogen (secondary N) is 1. The molecule has 19 nitrogen and oxygen atoms in total. The number of aliphatic hydroxyl groups excluding tert-OH is 11. The molecule has 68 heavy (non-hydrogen) atoms. The number of unbranched alkanes of at least 4 members (excludes halogenated alkanes) is 17. The fourth-order valence-corrected chi connectivity index (χ4v) is 8.66. The number of ether oxygens (including phenoxy) is 6. The molecule has 0 bridgehead atoms. The summed E-state index contributed by atoms with van der Waals surface area (Å²) >= 11 is 0. The zero-order valence-corrected chi connectivity index (χ0v) is 40.6. The molecular weight excluding hydrogens is 891 g/mol. The Morgan fingerprint density at radius 1 is 0.515 bits per heavy atom. The van der Waals surface area contributed by atoms with Crippen LogP contribution < -0.4 is 5.32 Å². The van der Waals surface area contributed by atoms with Gasteiger partial charge >= 0.3 is 0 Å². The minimum atomic E-state index is -1.98. The van der Waals surface area contributed by atoms with Crippen molar-refractivity contribution in [2.75, 3.05) is 26.4 Å². The van der Waals surface area contributed by atoms with Crippen LogP contribution in [0.25, 0.3) is 0 Å². The van der Waals surface area contributed by atoms with E-state index in [0.717, 1.165) is 44.9 Å². The molecule has 3 aliphatic heterocycles. The van der Waals surface area contributed by atoms with E-state index in [-0.39, 0.29) is 18.9 Å². The van der Waals surface area contributed by atoms with Gasteiger partial charge in [0.1, 0.15) is 73.2 Å². The molecule has 0 spiro atoms. The lowest BCUT2D eigenvalue weighted by molar-refractivity contribution is -0.379. The quantitative estimate of drug-likeness (QED) is 0.0317. The van der Waals surface area contributed by atoms with Crippen molar-refractivity contribution in [3.8, 4) is 0 Å². The van der Waals surface area contributed by atoms with Gasteiger partial charge in [0.25, 0.3) is 0 Å². The van der Waals surface area contributed by atoms with Gasteiger partial charge in [-0.05, 0) is 25.7 Å². The van der Waals surface area contributed by atoms with Gasteiger partial charge in [0.05, 0.1) is 38.6 Å². The van der Waals surface area contributed by atoms with E-state index in [1.54, 1.807) is 6.08 Å². The molecule has 17 unspecified atom stereocenters. The standard InChI is InChI=1S/C49H89NO18/c1-3-5-7-9-11-13-14-15-16-17-18-19-21-23-25-27-37(55)50-32(33(54)26-24-22-20-12-10-8-6-4-2)31-63-47-43(61)40(58)45(35(29-52)65-47)68-49-44(62)41(59)46(36(30-53)66-49)67-48-42(60)39(57)38(56)34(28-51)64-48/h10,12,24,26,32-36,38-49,51-54,56-62H,3-9,11,13-23,25,27-31H2,1-2H3,(H,50,55)/b12-10+,26-24+. The summed E-state index contributed by atoms with van der Waals surface area (Å²) in [4.78, 5) is 13.2. The molecule has 3 saturated heterocycles. The van der Waals surface area contributed by atoms with Crippen LogP contribution in [0.2, 0.25) is 0 Å². The highest BCUT2D eigenvalue weighted by Crippen LogP contribution is 2.33. The first kappa shape index (κ1) is 60.6. The van der Waals surface area contributed by atoms with E-state index >= 15 is 0 Å². The molecule has 12 N–H and O–H groups in total. The van der Waals surface area contributed by atoms with Crippen molar-refractivity contribution in [1.82, 2.24) is 5.32 Å². The lowest BCUT2D eigenvalue weighted by Crippen LogP contribution is -2.66. The second-order valence-corrected chi connectivity index (χ2v) is 18.6. The average molecular weight is 980 g/mol. The highest BCUT2D eigenvalue weighted by Gasteiger charge is 2.53. The molecule has 3 heterocycles. The summed E-state index contributed by atoms with van der Waals surface area (Å²) in [6.45, 7) is 1.58. The third-order valence-electron chi connectivity index (χ3n) is 13.0. The first-order valence-electron chi connectivity index (χ1n) is 25.6. The zero-order valence-electron chi connectivity index (χ0n) is 40.6. The molecular formula is C49H89NO18. The van der Waals surface area contributed by atoms with Gasteiger partial charge in [0, 0.05) is 6.42 Å². The molecule has 19 heteroatoms. The largest absolute Gasteiger partial charge is 0.394 e. The third kappa shape index (κ3) is 20.4. The number of hydrogen-bond acceptors (Lipinski definition) is 18. The third-order valence-corrected chi connectivity index (χ3v) is 13.0. The van der Waals surface area contributed by atoms with E-state index in [1.807, 2.05) is 6.08 Å². The molecule has 398 valence electrons. The molecule has 3 aliphatic rings. The van der Waals surface area contributed by atoms with Crippen molar-refractivity contribution in [3.05, 3.63) is 24.3 Å². The van der Waals surface area contributed by atoms with Crippen LogP contribution >= 0.6 is 0 Å². The molecule has 0 radical (unpaired) electrons. The predicted octanol–water partition coefficient (Wildman–Crippen LogP) is 1.64. The van der Waals surface area contributed by atoms with E-state index < -0.39 is 124 Å². The van der Waals surface area contributed by atoms with Gasteiger partial charge in [-0.3, -0.25) is 4.79 Å². The van der Waals surface area contributed by atoms with Crippen LogP contribution in [0, 0.1) is 0 Å². The zero-order chi connectivity index (χ0) is 49.8. The number of carbonyl (C=O) groups is 1. The molecule has 0 aromatic heterocycles. The van der Waals surface area contributed by atoms with Gasteiger partial charge in [-0.1, -0.05) is 141 Å². The van der Waals surface area contributed by atoms with Crippen LogP contribution in [-0.2, 0) is 33.2 Å². The maximum atomic E-state index is 13.2. The van der Waals surface area contributed by atoms with Gasteiger partial charge in [-0.25, -0.2) is 0 Å². The van der Waals surface area contributed by atoms with Gasteiger partial charge in [-0.15, -0.1) is 0 Å². The van der Waals surface area contributed by atoms with Crippen LogP contribution in [-0.4, -0.2) is 193 Å². The summed E-state index contributed by atoms with van der Waals surface area (Å²) < 4.78 is 34.0. The molecule has 3 fully saturated rings. The monoisotopic (exact) mass is 980 g/mol. The molecule has 0 aromatic carbocycles. The van der Waals surface area contributed by atoms with E-state index in [1.165, 1.54) is 70.6 Å². The Morgan fingerprint density at radius 2 is 0.941 bits per heavy atom. The van der Waals surface area contributed by atoms with Gasteiger partial charge in [0.15, 0.2) is 18.9 Å². The van der Waals surface area contributed by atoms with Crippen molar-refractivity contribution in [3.63, 3.8) is 0 Å². The number of carbonyl (C=O) groups excluding carboxylic acids is 1. The topological polar surface area (TPSA) is 307 Å². The fraction of sp³-hybridized carbons (Fsp3) is 0.898. The van der Waals surface area contributed by atoms with Gasteiger partial charge in [-0.2, -0.15) is 0 Å². The normalized spacial score (nSPS) is 33.3. The van der Waals surface area contributed by atoms with Crippen LogP contribution in [0.4, 0.5) is 0 Å². The Hall–Kier alpha value is -1.73. The fourth-order valence-electron chi connectivity index (χ4n) is 8.66. The second-order valence-electron chi connectivity index (χ2n) is 18.6. The summed E-state index contributed by atoms with van der Waals surface area (Å²) in [5, 5.41) is 119. The summed E-state index contributed by atoms with van der Waals surface area (Å²) in [5.74, 6) is -0.290. The maximum absolute atomic E-state index is 13.2. The number of hydrogen-bond donors (Lipinski definition) is 12. The summed E-state index contributed by atoms with van der Waals surface area (Å²) in [6.07, 6.45) is 3.57. The van der Waals surface area contributed by atoms with Crippen molar-refractivity contribution < 1.29 is 89.4 Å². The second kappa shape index (κ2) is 34.6. The summed E-state index contributed by atoms with van der Waals surface area (Å²) in [7, 11) is 0. The lowest BCUT2D eigenvalue weighted by Gasteiger charge is -2.48. The Morgan fingerprint density at radius 3 is 1.46 bits per heavy atom. The Labute approximate surface area is 403 Å². The molecule has 0 aliphatic carbocycles. The Bertz CT molecular complexity index is 1360. The summed E-state index contributed by atoms with van der Waals surface area (Å²) in [6, 6.07) is -0.981. The van der Waals surface area contributed by atoms with E-state index in [2.05, 4.69) is 31.3 Å². The van der Waals surface area contributed by atoms with Crippen molar-refractivity contribution in [2.45, 2.75) is 253 Å². The molecule has 1 amide bonds. The first-order valence-corrected chi connectivity index (χ1v) is 25.6. The number of allylic oxidation sites excluding steroid dienone is 3. The van der Waals surface area contributed by atoms with E-state index in [0.29, 0.717) is 12.8 Å². The minimum absolute atomic E-state index is 0.238. The Balaban J connectivity index is 1.54. The lowest BCUT2D eigenvalue weighted by atomic mass is 9.96. The van der Waals surface area contributed by atoms with Crippen LogP contribution in [0.5, 0.6) is 0 Å². The molecule has 0 saturated carbocycles. The molecule has 3 rings (SSSR count). The Kier molecular flexibility index (Phi) is 30.8. The number of aliphatic hydroxyl groups is 11. The highest BCUT2D eigenvalue weighted by atomic mass is 16.8. The smallest absolute Gasteiger partial charge is 0.220 e. The van der Waals surface area contributed by atoms with Gasteiger partial charge < -0.3 is 89.9 Å². The average Bonchev–Trinajstić information content (AvgIpc) is 3.33. The van der Waals surface area contributed by atoms with E-state index in [9.17, 15) is 61.0 Å². The van der Waals surface area contributed by atoms with Crippen molar-refractivity contribution in [1.29, 1.82) is 0 Å². The van der Waals surface area contributed by atoms with Crippen LogP contribution in [0.15, 0.2) is 24.3 Å². The van der Waals surface area contributed by atoms with Crippen molar-refractivity contribution in [2.24, 2.45) is 0 Å². The van der Waals surface area contributed by atoms with Crippen molar-refractivity contribution >= 4 is 5.91 Å².